The van der Waals surface area contributed by atoms with Gasteiger partial charge in [-0.2, -0.15) is 0 Å². The smallest absolute Gasteiger partial charge is 0.220 e. The van der Waals surface area contributed by atoms with E-state index in [1.165, 1.54) is 6.92 Å². The van der Waals surface area contributed by atoms with Gasteiger partial charge in [0.2, 0.25) is 11.8 Å². The highest BCUT2D eigenvalue weighted by Crippen LogP contribution is 2.14. The molecule has 3 atom stereocenters. The minimum absolute atomic E-state index is 0.0154. The second kappa shape index (κ2) is 9.72. The van der Waals surface area contributed by atoms with E-state index >= 15 is 0 Å². The molecule has 1 aliphatic heterocycles. The Morgan fingerprint density at radius 3 is 2.90 bits per heavy atom. The van der Waals surface area contributed by atoms with Crippen LogP contribution < -0.4 is 10.6 Å². The number of carbonyl (C=O) groups is 2. The summed E-state index contributed by atoms with van der Waals surface area (Å²) < 4.78 is 18.0. The van der Waals surface area contributed by atoms with Gasteiger partial charge in [-0.05, 0) is 19.3 Å². The summed E-state index contributed by atoms with van der Waals surface area (Å²) in [6, 6.07) is -0.140. The molecule has 1 aliphatic rings. The van der Waals surface area contributed by atoms with E-state index in [0.717, 1.165) is 19.3 Å². The summed E-state index contributed by atoms with van der Waals surface area (Å²) in [6.45, 7) is 1.95. The molecule has 0 radical (unpaired) electrons. The summed E-state index contributed by atoms with van der Waals surface area (Å²) in [6.07, 6.45) is 3.29. The van der Waals surface area contributed by atoms with Gasteiger partial charge >= 0.3 is 0 Å². The highest BCUT2D eigenvalue weighted by Gasteiger charge is 2.29. The van der Waals surface area contributed by atoms with Crippen LogP contribution in [0, 0.1) is 0 Å². The zero-order valence-electron chi connectivity index (χ0n) is 13.3. The molecular weight excluding hydrogens is 260 g/mol. The van der Waals surface area contributed by atoms with Crippen molar-refractivity contribution in [3.05, 3.63) is 0 Å². The topological polar surface area (TPSA) is 76.7 Å². The number of hydrogen-bond donors (Lipinski definition) is 2. The van der Waals surface area contributed by atoms with E-state index in [0.29, 0.717) is 26.0 Å². The maximum atomic E-state index is 11.9. The lowest BCUT2D eigenvalue weighted by atomic mass is 10.1. The third kappa shape index (κ3) is 6.86. The molecule has 1 saturated heterocycles. The molecule has 1 heterocycles. The Balaban J connectivity index is 2.13. The summed E-state index contributed by atoms with van der Waals surface area (Å²) in [5.41, 5.74) is 0. The van der Waals surface area contributed by atoms with E-state index in [1.54, 1.807) is 7.11 Å². The Morgan fingerprint density at radius 2 is 2.20 bits per heavy atom. The SMILES string of the molecule is [3H]C1CC(NC(=O)CCCCCNC(C)=O)C(COC)O1. The van der Waals surface area contributed by atoms with Crippen molar-refractivity contribution in [2.24, 2.45) is 0 Å². The minimum Gasteiger partial charge on any atom is -0.382 e. The van der Waals surface area contributed by atoms with Crippen molar-refractivity contribution in [1.82, 2.24) is 10.6 Å². The van der Waals surface area contributed by atoms with E-state index in [9.17, 15) is 9.59 Å². The third-order valence-corrected chi connectivity index (χ3v) is 3.20. The van der Waals surface area contributed by atoms with Gasteiger partial charge in [0.25, 0.3) is 0 Å². The van der Waals surface area contributed by atoms with Crippen LogP contribution in [0.3, 0.4) is 0 Å². The molecule has 3 unspecified atom stereocenters. The van der Waals surface area contributed by atoms with Crippen molar-refractivity contribution >= 4 is 11.8 Å². The molecule has 6 heteroatoms. The van der Waals surface area contributed by atoms with Crippen LogP contribution >= 0.6 is 0 Å². The number of nitrogens with one attached hydrogen (secondary N) is 2. The average molecular weight is 288 g/mol. The molecule has 2 N–H and O–H groups in total. The molecule has 0 bridgehead atoms. The standard InChI is InChI=1S/C14H26N2O4/c1-11(17)15-8-5-3-4-6-14(18)16-12-7-9-20-13(12)10-19-2/h12-13H,3-10H2,1-2H3,(H,15,17)(H,16,18)/i9T. The predicted molar refractivity (Wildman–Crippen MR) is 75.3 cm³/mol. The minimum atomic E-state index is -0.590. The van der Waals surface area contributed by atoms with Crippen LogP contribution in [0.15, 0.2) is 0 Å². The number of methoxy groups -OCH3 is 1. The van der Waals surface area contributed by atoms with Gasteiger partial charge in [-0.25, -0.2) is 0 Å². The Labute approximate surface area is 122 Å². The van der Waals surface area contributed by atoms with Crippen molar-refractivity contribution in [3.63, 3.8) is 0 Å². The Bertz CT molecular complexity index is 341. The van der Waals surface area contributed by atoms with Crippen LogP contribution in [-0.2, 0) is 19.1 Å². The van der Waals surface area contributed by atoms with Gasteiger partial charge in [0.15, 0.2) is 0 Å². The van der Waals surface area contributed by atoms with E-state index in [1.807, 2.05) is 0 Å². The van der Waals surface area contributed by atoms with Gasteiger partial charge in [0, 0.05) is 33.6 Å². The molecule has 0 saturated carbocycles. The van der Waals surface area contributed by atoms with Crippen molar-refractivity contribution in [3.8, 4) is 0 Å². The molecule has 0 aliphatic carbocycles. The lowest BCUT2D eigenvalue weighted by Gasteiger charge is -2.19. The number of ether oxygens (including phenoxy) is 2. The third-order valence-electron chi connectivity index (χ3n) is 3.20. The Kier molecular flexibility index (Phi) is 7.41. The summed E-state index contributed by atoms with van der Waals surface area (Å²) >= 11 is 0. The van der Waals surface area contributed by atoms with Crippen LogP contribution in [0.2, 0.25) is 0 Å². The van der Waals surface area contributed by atoms with Gasteiger partial charge in [-0.1, -0.05) is 6.42 Å². The second-order valence-corrected chi connectivity index (χ2v) is 5.00. The van der Waals surface area contributed by atoms with E-state index in [4.69, 9.17) is 10.8 Å². The summed E-state index contributed by atoms with van der Waals surface area (Å²) in [5, 5.41) is 5.65. The monoisotopic (exact) mass is 288 g/mol. The van der Waals surface area contributed by atoms with Crippen molar-refractivity contribution in [2.75, 3.05) is 26.8 Å². The number of amides is 2. The summed E-state index contributed by atoms with van der Waals surface area (Å²) in [4.78, 5) is 22.5. The van der Waals surface area contributed by atoms with Crippen molar-refractivity contribution in [1.29, 1.82) is 0 Å². The molecule has 20 heavy (non-hydrogen) atoms. The first-order chi connectivity index (χ1) is 10.0. The predicted octanol–water partition coefficient (Wildman–Crippen LogP) is 0.603. The molecule has 0 spiro atoms. The number of carbonyl (C=O) groups excluding carboxylic acids is 2. The van der Waals surface area contributed by atoms with Crippen LogP contribution in [0.4, 0.5) is 0 Å². The zero-order valence-corrected chi connectivity index (χ0v) is 12.3. The number of rotatable bonds is 9. The fraction of sp³-hybridized carbons (Fsp3) is 0.857. The highest BCUT2D eigenvalue weighted by atomic mass is 16.5. The summed E-state index contributed by atoms with van der Waals surface area (Å²) in [7, 11) is 1.58. The van der Waals surface area contributed by atoms with Gasteiger partial charge in [-0.3, -0.25) is 9.59 Å². The van der Waals surface area contributed by atoms with Crippen molar-refractivity contribution in [2.45, 2.75) is 51.2 Å². The molecule has 6 nitrogen and oxygen atoms in total. The van der Waals surface area contributed by atoms with Crippen LogP contribution in [0.25, 0.3) is 0 Å². The molecule has 0 aromatic carbocycles. The van der Waals surface area contributed by atoms with E-state index < -0.39 is 6.58 Å². The van der Waals surface area contributed by atoms with E-state index in [2.05, 4.69) is 10.6 Å². The van der Waals surface area contributed by atoms with Gasteiger partial charge < -0.3 is 20.1 Å². The molecule has 1 rings (SSSR count). The molecule has 1 fully saturated rings. The first kappa shape index (κ1) is 15.3. The van der Waals surface area contributed by atoms with Crippen LogP contribution in [0.5, 0.6) is 0 Å². The zero-order chi connectivity index (χ0) is 15.7. The fourth-order valence-electron chi connectivity index (χ4n) is 2.13. The first-order valence-electron chi connectivity index (χ1n) is 7.71. The second-order valence-electron chi connectivity index (χ2n) is 5.00. The van der Waals surface area contributed by atoms with Gasteiger partial charge in [0.05, 0.1) is 14.0 Å². The molecule has 0 aromatic heterocycles. The quantitative estimate of drug-likeness (QED) is 0.609. The fourth-order valence-corrected chi connectivity index (χ4v) is 2.13. The van der Waals surface area contributed by atoms with Gasteiger partial charge in [-0.15, -0.1) is 0 Å². The lowest BCUT2D eigenvalue weighted by Crippen LogP contribution is -2.42. The lowest BCUT2D eigenvalue weighted by molar-refractivity contribution is -0.122. The number of hydrogen-bond acceptors (Lipinski definition) is 4. The largest absolute Gasteiger partial charge is 0.382 e. The highest BCUT2D eigenvalue weighted by molar-refractivity contribution is 5.76. The first-order valence-corrected chi connectivity index (χ1v) is 7.13. The molecule has 116 valence electrons. The Morgan fingerprint density at radius 1 is 1.40 bits per heavy atom. The van der Waals surface area contributed by atoms with Crippen LogP contribution in [-0.4, -0.2) is 50.8 Å². The van der Waals surface area contributed by atoms with E-state index in [-0.39, 0.29) is 24.0 Å². The molecule has 0 aromatic rings. The number of unbranched alkanes of at least 4 members (excludes halogenated alkanes) is 2. The van der Waals surface area contributed by atoms with Crippen molar-refractivity contribution < 1.29 is 20.4 Å². The van der Waals surface area contributed by atoms with Crippen LogP contribution in [0.1, 0.15) is 40.4 Å². The Hall–Kier alpha value is -1.14. The molecule has 2 amide bonds. The maximum absolute atomic E-state index is 11.9. The normalized spacial score (nSPS) is 26.1. The van der Waals surface area contributed by atoms with Gasteiger partial charge in [0.1, 0.15) is 6.10 Å². The average Bonchev–Trinajstić information content (AvgIpc) is 2.74. The summed E-state index contributed by atoms with van der Waals surface area (Å²) in [5.74, 6) is -0.0403. The maximum Gasteiger partial charge on any atom is 0.220 e. The molecular formula is C14H26N2O4.